The fourth-order valence-corrected chi connectivity index (χ4v) is 2.84. The van der Waals surface area contributed by atoms with Gasteiger partial charge >= 0.3 is 6.08 Å². The molecule has 0 N–H and O–H groups in total. The molecule has 0 bridgehead atoms. The first kappa shape index (κ1) is 15.0. The second-order valence-electron chi connectivity index (χ2n) is 3.04. The van der Waals surface area contributed by atoms with Crippen molar-refractivity contribution in [1.29, 1.82) is 0 Å². The molecule has 100 valence electrons. The summed E-state index contributed by atoms with van der Waals surface area (Å²) in [5.41, 5.74) is 0.816. The summed E-state index contributed by atoms with van der Waals surface area (Å²) in [5, 5.41) is 5.41. The zero-order valence-electron chi connectivity index (χ0n) is 9.53. The summed E-state index contributed by atoms with van der Waals surface area (Å²) in [6.07, 6.45) is -0.415. The van der Waals surface area contributed by atoms with Crippen LogP contribution in [0.3, 0.4) is 0 Å². The van der Waals surface area contributed by atoms with Gasteiger partial charge in [-0.25, -0.2) is 9.37 Å². The summed E-state index contributed by atoms with van der Waals surface area (Å²) in [6, 6.07) is 0. The van der Waals surface area contributed by atoms with Crippen LogP contribution < -0.4 is 0 Å². The van der Waals surface area contributed by atoms with Crippen molar-refractivity contribution in [1.82, 2.24) is 4.98 Å². The number of oxime groups is 1. The Morgan fingerprint density at radius 3 is 3.00 bits per heavy atom. The number of nitrogens with zero attached hydrogens (tertiary/aromatic N) is 2. The van der Waals surface area contributed by atoms with E-state index < -0.39 is 11.9 Å². The van der Waals surface area contributed by atoms with Gasteiger partial charge in [-0.1, -0.05) is 16.9 Å². The van der Waals surface area contributed by atoms with E-state index in [4.69, 9.17) is 0 Å². The SMILES string of the molecule is CO/N=C/Cc1csc(SCCC(F)=C(F)F)n1. The van der Waals surface area contributed by atoms with Crippen LogP contribution in [0.2, 0.25) is 0 Å². The van der Waals surface area contributed by atoms with Crippen molar-refractivity contribution in [2.75, 3.05) is 12.9 Å². The van der Waals surface area contributed by atoms with E-state index in [2.05, 4.69) is 15.0 Å². The molecule has 0 aromatic carbocycles. The van der Waals surface area contributed by atoms with Crippen LogP contribution in [-0.2, 0) is 11.3 Å². The van der Waals surface area contributed by atoms with Gasteiger partial charge in [0.2, 0.25) is 0 Å². The normalized spacial score (nSPS) is 10.9. The lowest BCUT2D eigenvalue weighted by Gasteiger charge is -1.95. The summed E-state index contributed by atoms with van der Waals surface area (Å²) in [4.78, 5) is 8.74. The number of thioether (sulfide) groups is 1. The molecule has 0 saturated heterocycles. The highest BCUT2D eigenvalue weighted by molar-refractivity contribution is 8.01. The quantitative estimate of drug-likeness (QED) is 0.435. The molecule has 0 atom stereocenters. The van der Waals surface area contributed by atoms with Crippen LogP contribution in [0.15, 0.2) is 26.8 Å². The van der Waals surface area contributed by atoms with Gasteiger partial charge in [0.1, 0.15) is 11.4 Å². The van der Waals surface area contributed by atoms with Crippen molar-refractivity contribution in [2.24, 2.45) is 5.16 Å². The summed E-state index contributed by atoms with van der Waals surface area (Å²) in [7, 11) is 1.45. The molecule has 0 spiro atoms. The van der Waals surface area contributed by atoms with Gasteiger partial charge in [0.15, 0.2) is 5.83 Å². The smallest absolute Gasteiger partial charge is 0.301 e. The van der Waals surface area contributed by atoms with E-state index in [0.29, 0.717) is 6.42 Å². The van der Waals surface area contributed by atoms with Crippen LogP contribution in [0.4, 0.5) is 13.2 Å². The number of hydrogen-bond donors (Lipinski definition) is 0. The van der Waals surface area contributed by atoms with E-state index >= 15 is 0 Å². The van der Waals surface area contributed by atoms with Crippen molar-refractivity contribution in [3.8, 4) is 0 Å². The molecule has 0 aliphatic rings. The van der Waals surface area contributed by atoms with Gasteiger partial charge in [-0.2, -0.15) is 8.78 Å². The molecular weight excluding hydrogens is 285 g/mol. The van der Waals surface area contributed by atoms with Gasteiger partial charge < -0.3 is 4.84 Å². The van der Waals surface area contributed by atoms with Crippen LogP contribution in [-0.4, -0.2) is 24.1 Å². The minimum atomic E-state index is -2.24. The van der Waals surface area contributed by atoms with E-state index in [-0.39, 0.29) is 12.2 Å². The molecule has 0 radical (unpaired) electrons. The van der Waals surface area contributed by atoms with Gasteiger partial charge in [0, 0.05) is 30.2 Å². The zero-order valence-corrected chi connectivity index (χ0v) is 11.2. The van der Waals surface area contributed by atoms with Gasteiger partial charge in [-0.15, -0.1) is 11.3 Å². The van der Waals surface area contributed by atoms with Crippen molar-refractivity contribution >= 4 is 29.3 Å². The number of thiazole rings is 1. The minimum absolute atomic E-state index is 0.238. The molecule has 1 aromatic rings. The highest BCUT2D eigenvalue weighted by Crippen LogP contribution is 2.25. The Bertz CT molecular complexity index is 431. The molecule has 3 nitrogen and oxygen atoms in total. The monoisotopic (exact) mass is 296 g/mol. The van der Waals surface area contributed by atoms with Crippen molar-refractivity contribution in [2.45, 2.75) is 17.2 Å². The molecule has 0 aliphatic heterocycles. The van der Waals surface area contributed by atoms with Gasteiger partial charge in [0.25, 0.3) is 0 Å². The maximum Gasteiger partial charge on any atom is 0.301 e. The van der Waals surface area contributed by atoms with E-state index in [9.17, 15) is 13.2 Å². The van der Waals surface area contributed by atoms with E-state index in [0.717, 1.165) is 10.0 Å². The third kappa shape index (κ3) is 5.54. The van der Waals surface area contributed by atoms with Crippen LogP contribution in [0.1, 0.15) is 12.1 Å². The summed E-state index contributed by atoms with van der Waals surface area (Å²) in [5.74, 6) is -1.12. The molecule has 0 aliphatic carbocycles. The first-order valence-electron chi connectivity index (χ1n) is 4.95. The molecule has 0 unspecified atom stereocenters. The van der Waals surface area contributed by atoms with Crippen LogP contribution in [0.5, 0.6) is 0 Å². The van der Waals surface area contributed by atoms with Crippen LogP contribution >= 0.6 is 23.1 Å². The Morgan fingerprint density at radius 1 is 1.56 bits per heavy atom. The average Bonchev–Trinajstić information content (AvgIpc) is 2.77. The molecule has 0 saturated carbocycles. The van der Waals surface area contributed by atoms with Crippen LogP contribution in [0.25, 0.3) is 0 Å². The Kier molecular flexibility index (Phi) is 6.81. The molecule has 1 aromatic heterocycles. The molecular formula is C10H11F3N2OS2. The zero-order chi connectivity index (χ0) is 13.4. The van der Waals surface area contributed by atoms with E-state index in [1.165, 1.54) is 30.2 Å². The van der Waals surface area contributed by atoms with Crippen molar-refractivity contribution in [3.05, 3.63) is 23.0 Å². The third-order valence-corrected chi connectivity index (χ3v) is 3.83. The summed E-state index contributed by atoms with van der Waals surface area (Å²) >= 11 is 2.64. The van der Waals surface area contributed by atoms with Gasteiger partial charge in [0.05, 0.1) is 5.69 Å². The Labute approximate surface area is 111 Å². The number of hydrogen-bond acceptors (Lipinski definition) is 5. The highest BCUT2D eigenvalue weighted by Gasteiger charge is 2.07. The Balaban J connectivity index is 2.35. The average molecular weight is 296 g/mol. The second kappa shape index (κ2) is 8.15. The molecule has 18 heavy (non-hydrogen) atoms. The standard InChI is InChI=1S/C10H11F3N2OS2/c1-16-14-4-2-7-6-18-10(15-7)17-5-3-8(11)9(12)13/h4,6H,2-3,5H2,1H3/b14-4+. The fourth-order valence-electron chi connectivity index (χ4n) is 0.976. The molecule has 0 amide bonds. The van der Waals surface area contributed by atoms with Crippen molar-refractivity contribution in [3.63, 3.8) is 0 Å². The summed E-state index contributed by atoms with van der Waals surface area (Å²) < 4.78 is 36.8. The van der Waals surface area contributed by atoms with Crippen LogP contribution in [0, 0.1) is 0 Å². The van der Waals surface area contributed by atoms with Gasteiger partial charge in [-0.05, 0) is 0 Å². The Morgan fingerprint density at radius 2 is 2.33 bits per heavy atom. The number of allylic oxidation sites excluding steroid dienone is 1. The molecule has 0 fully saturated rings. The van der Waals surface area contributed by atoms with Crippen molar-refractivity contribution < 1.29 is 18.0 Å². The predicted octanol–water partition coefficient (Wildman–Crippen LogP) is 3.88. The molecule has 1 rings (SSSR count). The fraction of sp³-hybridized carbons (Fsp3) is 0.400. The lowest BCUT2D eigenvalue weighted by Crippen LogP contribution is -1.87. The largest absolute Gasteiger partial charge is 0.399 e. The molecule has 1 heterocycles. The highest BCUT2D eigenvalue weighted by atomic mass is 32.2. The maximum atomic E-state index is 12.5. The first-order chi connectivity index (χ1) is 8.63. The number of aromatic nitrogens is 1. The number of halogens is 3. The van der Waals surface area contributed by atoms with E-state index in [1.807, 2.05) is 5.38 Å². The van der Waals surface area contributed by atoms with Gasteiger partial charge in [-0.3, -0.25) is 0 Å². The summed E-state index contributed by atoms with van der Waals surface area (Å²) in [6.45, 7) is 0. The van der Waals surface area contributed by atoms with E-state index in [1.54, 1.807) is 6.21 Å². The maximum absolute atomic E-state index is 12.5. The lowest BCUT2D eigenvalue weighted by atomic mass is 10.4. The first-order valence-corrected chi connectivity index (χ1v) is 6.82. The number of rotatable bonds is 7. The Hall–Kier alpha value is -1.02. The lowest BCUT2D eigenvalue weighted by molar-refractivity contribution is 0.215. The second-order valence-corrected chi connectivity index (χ2v) is 5.24. The predicted molar refractivity (Wildman–Crippen MR) is 67.0 cm³/mol. The minimum Gasteiger partial charge on any atom is -0.399 e. The topological polar surface area (TPSA) is 34.5 Å². The molecule has 8 heteroatoms. The third-order valence-electron chi connectivity index (χ3n) is 1.76.